The van der Waals surface area contributed by atoms with Gasteiger partial charge in [0.05, 0.1) is 11.6 Å². The summed E-state index contributed by atoms with van der Waals surface area (Å²) in [5.41, 5.74) is 0.966. The highest BCUT2D eigenvalue weighted by Gasteiger charge is 2.23. The summed E-state index contributed by atoms with van der Waals surface area (Å²) in [5.74, 6) is 1.29. The first-order valence-electron chi connectivity index (χ1n) is 6.30. The molecule has 0 bridgehead atoms. The van der Waals surface area contributed by atoms with Gasteiger partial charge in [-0.25, -0.2) is 0 Å². The van der Waals surface area contributed by atoms with Gasteiger partial charge in [0.15, 0.2) is 11.5 Å². The van der Waals surface area contributed by atoms with Crippen LogP contribution in [0, 0.1) is 0 Å². The van der Waals surface area contributed by atoms with Crippen molar-refractivity contribution >= 4 is 17.5 Å². The molecule has 0 spiro atoms. The van der Waals surface area contributed by atoms with Crippen LogP contribution in [0.25, 0.3) is 0 Å². The fourth-order valence-corrected chi connectivity index (χ4v) is 2.24. The molecule has 1 aliphatic carbocycles. The SMILES string of the molecule is O=C(CNCc1cc(Cl)c2c(c1)OCO2)NC1CC1. The van der Waals surface area contributed by atoms with E-state index in [0.29, 0.717) is 35.7 Å². The molecule has 6 heteroatoms. The van der Waals surface area contributed by atoms with Gasteiger partial charge in [-0.2, -0.15) is 0 Å². The molecule has 102 valence electrons. The highest BCUT2D eigenvalue weighted by Crippen LogP contribution is 2.39. The summed E-state index contributed by atoms with van der Waals surface area (Å²) in [6, 6.07) is 4.09. The van der Waals surface area contributed by atoms with Gasteiger partial charge >= 0.3 is 0 Å². The van der Waals surface area contributed by atoms with E-state index in [2.05, 4.69) is 10.6 Å². The largest absolute Gasteiger partial charge is 0.454 e. The van der Waals surface area contributed by atoms with Gasteiger partial charge in [-0.3, -0.25) is 4.79 Å². The number of carbonyl (C=O) groups is 1. The summed E-state index contributed by atoms with van der Waals surface area (Å²) in [6.07, 6.45) is 2.20. The summed E-state index contributed by atoms with van der Waals surface area (Å²) in [4.78, 5) is 11.5. The summed E-state index contributed by atoms with van der Waals surface area (Å²) in [5, 5.41) is 6.54. The average molecular weight is 283 g/mol. The van der Waals surface area contributed by atoms with Crippen LogP contribution in [0.3, 0.4) is 0 Å². The summed E-state index contributed by atoms with van der Waals surface area (Å²) in [7, 11) is 0. The first-order chi connectivity index (χ1) is 9.22. The molecular formula is C13H15ClN2O3. The lowest BCUT2D eigenvalue weighted by Crippen LogP contribution is -2.34. The van der Waals surface area contributed by atoms with Crippen LogP contribution in [-0.4, -0.2) is 25.3 Å². The lowest BCUT2D eigenvalue weighted by atomic mass is 10.2. The highest BCUT2D eigenvalue weighted by molar-refractivity contribution is 6.32. The van der Waals surface area contributed by atoms with Crippen molar-refractivity contribution in [1.82, 2.24) is 10.6 Å². The number of fused-ring (bicyclic) bond motifs is 1. The standard InChI is InChI=1S/C13H15ClN2O3/c14-10-3-8(4-11-13(10)19-7-18-11)5-15-6-12(17)16-9-1-2-9/h3-4,9,15H,1-2,5-7H2,(H,16,17). The topological polar surface area (TPSA) is 59.6 Å². The van der Waals surface area contributed by atoms with E-state index in [1.807, 2.05) is 12.1 Å². The summed E-state index contributed by atoms with van der Waals surface area (Å²) < 4.78 is 10.5. The second-order valence-corrected chi connectivity index (χ2v) is 5.16. The van der Waals surface area contributed by atoms with E-state index in [1.54, 1.807) is 0 Å². The molecule has 1 aromatic carbocycles. The van der Waals surface area contributed by atoms with Crippen LogP contribution in [0.2, 0.25) is 5.02 Å². The number of nitrogens with one attached hydrogen (secondary N) is 2. The van der Waals surface area contributed by atoms with Crippen molar-refractivity contribution in [3.63, 3.8) is 0 Å². The molecule has 2 N–H and O–H groups in total. The molecule has 0 saturated heterocycles. The number of amides is 1. The molecule has 1 heterocycles. The Hall–Kier alpha value is -1.46. The number of ether oxygens (including phenoxy) is 2. The number of benzene rings is 1. The monoisotopic (exact) mass is 282 g/mol. The van der Waals surface area contributed by atoms with Gasteiger partial charge in [0.2, 0.25) is 12.7 Å². The van der Waals surface area contributed by atoms with Gasteiger partial charge < -0.3 is 20.1 Å². The zero-order valence-corrected chi connectivity index (χ0v) is 11.1. The highest BCUT2D eigenvalue weighted by atomic mass is 35.5. The van der Waals surface area contributed by atoms with E-state index in [4.69, 9.17) is 21.1 Å². The predicted octanol–water partition coefficient (Wildman–Crippen LogP) is 1.44. The van der Waals surface area contributed by atoms with Crippen molar-refractivity contribution in [1.29, 1.82) is 0 Å². The third kappa shape index (κ3) is 3.11. The molecule has 0 aromatic heterocycles. The Morgan fingerprint density at radius 3 is 3.00 bits per heavy atom. The third-order valence-electron chi connectivity index (χ3n) is 3.04. The van der Waals surface area contributed by atoms with E-state index >= 15 is 0 Å². The zero-order chi connectivity index (χ0) is 13.2. The summed E-state index contributed by atoms with van der Waals surface area (Å²) >= 11 is 6.08. The molecule has 19 heavy (non-hydrogen) atoms. The van der Waals surface area contributed by atoms with Crippen molar-refractivity contribution in [3.05, 3.63) is 22.7 Å². The van der Waals surface area contributed by atoms with E-state index in [0.717, 1.165) is 18.4 Å². The van der Waals surface area contributed by atoms with Crippen molar-refractivity contribution in [2.24, 2.45) is 0 Å². The quantitative estimate of drug-likeness (QED) is 0.858. The van der Waals surface area contributed by atoms with Crippen molar-refractivity contribution in [2.75, 3.05) is 13.3 Å². The van der Waals surface area contributed by atoms with Gasteiger partial charge in [-0.15, -0.1) is 0 Å². The minimum Gasteiger partial charge on any atom is -0.454 e. The second-order valence-electron chi connectivity index (χ2n) is 4.76. The molecule has 1 fully saturated rings. The van der Waals surface area contributed by atoms with Crippen LogP contribution >= 0.6 is 11.6 Å². The molecule has 0 atom stereocenters. The lowest BCUT2D eigenvalue weighted by molar-refractivity contribution is -0.120. The van der Waals surface area contributed by atoms with Crippen LogP contribution in [0.15, 0.2) is 12.1 Å². The second kappa shape index (κ2) is 5.27. The first kappa shape index (κ1) is 12.6. The van der Waals surface area contributed by atoms with Crippen LogP contribution in [0.1, 0.15) is 18.4 Å². The molecular weight excluding hydrogens is 268 g/mol. The number of rotatable bonds is 5. The number of carbonyl (C=O) groups excluding carboxylic acids is 1. The van der Waals surface area contributed by atoms with Crippen molar-refractivity contribution < 1.29 is 14.3 Å². The molecule has 0 radical (unpaired) electrons. The van der Waals surface area contributed by atoms with Gasteiger partial charge in [0.1, 0.15) is 0 Å². The van der Waals surface area contributed by atoms with Crippen LogP contribution in [0.5, 0.6) is 11.5 Å². The minimum absolute atomic E-state index is 0.0364. The predicted molar refractivity (Wildman–Crippen MR) is 70.4 cm³/mol. The van der Waals surface area contributed by atoms with Gasteiger partial charge in [0.25, 0.3) is 0 Å². The molecule has 2 aliphatic rings. The fourth-order valence-electron chi connectivity index (χ4n) is 1.95. The van der Waals surface area contributed by atoms with Crippen LogP contribution < -0.4 is 20.1 Å². The number of hydrogen-bond donors (Lipinski definition) is 2. The van der Waals surface area contributed by atoms with Crippen molar-refractivity contribution in [3.8, 4) is 11.5 Å². The minimum atomic E-state index is 0.0364. The van der Waals surface area contributed by atoms with Gasteiger partial charge in [0, 0.05) is 12.6 Å². The molecule has 1 aromatic rings. The van der Waals surface area contributed by atoms with E-state index < -0.39 is 0 Å². The van der Waals surface area contributed by atoms with Crippen LogP contribution in [-0.2, 0) is 11.3 Å². The summed E-state index contributed by atoms with van der Waals surface area (Å²) in [6.45, 7) is 1.08. The maximum Gasteiger partial charge on any atom is 0.234 e. The molecule has 1 amide bonds. The fraction of sp³-hybridized carbons (Fsp3) is 0.462. The zero-order valence-electron chi connectivity index (χ0n) is 10.4. The molecule has 0 unspecified atom stereocenters. The van der Waals surface area contributed by atoms with Gasteiger partial charge in [-0.05, 0) is 30.5 Å². The molecule has 1 saturated carbocycles. The normalized spacial score (nSPS) is 16.5. The number of halogens is 1. The van der Waals surface area contributed by atoms with Crippen LogP contribution in [0.4, 0.5) is 0 Å². The Kier molecular flexibility index (Phi) is 3.48. The lowest BCUT2D eigenvalue weighted by Gasteiger charge is -2.07. The number of hydrogen-bond acceptors (Lipinski definition) is 4. The molecule has 3 rings (SSSR count). The third-order valence-corrected chi connectivity index (χ3v) is 3.32. The smallest absolute Gasteiger partial charge is 0.234 e. The maximum absolute atomic E-state index is 11.5. The first-order valence-corrected chi connectivity index (χ1v) is 6.68. The molecule has 5 nitrogen and oxygen atoms in total. The Balaban J connectivity index is 1.52. The Bertz CT molecular complexity index is 503. The maximum atomic E-state index is 11.5. The van der Waals surface area contributed by atoms with E-state index in [9.17, 15) is 4.79 Å². The van der Waals surface area contributed by atoms with Crippen molar-refractivity contribution in [2.45, 2.75) is 25.4 Å². The Morgan fingerprint density at radius 2 is 2.21 bits per heavy atom. The van der Waals surface area contributed by atoms with Gasteiger partial charge in [-0.1, -0.05) is 11.6 Å². The van der Waals surface area contributed by atoms with E-state index in [-0.39, 0.29) is 12.7 Å². The average Bonchev–Trinajstić information content (AvgIpc) is 3.04. The van der Waals surface area contributed by atoms with E-state index in [1.165, 1.54) is 0 Å². The Labute approximate surface area is 116 Å². The Morgan fingerprint density at radius 1 is 1.37 bits per heavy atom. The molecule has 1 aliphatic heterocycles.